The number of oxazole rings is 1. The SMILES string of the molecule is COC(=O)c1cc(N)cc2nc(-c3cccc(I)c3)oc12. The molecule has 2 N–H and O–H groups in total. The third-order valence-electron chi connectivity index (χ3n) is 2.99. The lowest BCUT2D eigenvalue weighted by atomic mass is 10.2. The Balaban J connectivity index is 2.22. The Kier molecular flexibility index (Phi) is 3.54. The first-order valence-electron chi connectivity index (χ1n) is 6.13. The monoisotopic (exact) mass is 394 g/mol. The number of aromatic nitrogens is 1. The van der Waals surface area contributed by atoms with Gasteiger partial charge >= 0.3 is 5.97 Å². The second-order valence-electron chi connectivity index (χ2n) is 4.44. The summed E-state index contributed by atoms with van der Waals surface area (Å²) in [6.45, 7) is 0. The van der Waals surface area contributed by atoms with Crippen LogP contribution in [0.5, 0.6) is 0 Å². The van der Waals surface area contributed by atoms with E-state index in [1.807, 2.05) is 24.3 Å². The topological polar surface area (TPSA) is 78.4 Å². The number of halogens is 1. The van der Waals surface area contributed by atoms with E-state index in [2.05, 4.69) is 27.6 Å². The van der Waals surface area contributed by atoms with Gasteiger partial charge in [-0.1, -0.05) is 6.07 Å². The molecule has 2 aromatic carbocycles. The first-order valence-corrected chi connectivity index (χ1v) is 7.20. The number of carbonyl (C=O) groups excluding carboxylic acids is 1. The van der Waals surface area contributed by atoms with Gasteiger partial charge in [0.05, 0.1) is 7.11 Å². The van der Waals surface area contributed by atoms with Crippen LogP contribution in [0.15, 0.2) is 40.8 Å². The van der Waals surface area contributed by atoms with Crippen molar-refractivity contribution in [1.82, 2.24) is 4.98 Å². The molecule has 0 saturated heterocycles. The lowest BCUT2D eigenvalue weighted by Crippen LogP contribution is -2.02. The predicted molar refractivity (Wildman–Crippen MR) is 87.9 cm³/mol. The molecule has 0 spiro atoms. The summed E-state index contributed by atoms with van der Waals surface area (Å²) in [7, 11) is 1.31. The zero-order valence-electron chi connectivity index (χ0n) is 11.1. The first-order chi connectivity index (χ1) is 10.1. The van der Waals surface area contributed by atoms with E-state index < -0.39 is 5.97 Å². The molecule has 0 aliphatic rings. The molecule has 0 fully saturated rings. The van der Waals surface area contributed by atoms with E-state index in [1.54, 1.807) is 6.07 Å². The van der Waals surface area contributed by atoms with Crippen LogP contribution in [-0.2, 0) is 4.74 Å². The molecule has 1 aromatic heterocycles. The Labute approximate surface area is 134 Å². The number of ether oxygens (including phenoxy) is 1. The minimum absolute atomic E-state index is 0.275. The number of esters is 1. The van der Waals surface area contributed by atoms with Gasteiger partial charge in [0.2, 0.25) is 5.89 Å². The Bertz CT molecular complexity index is 842. The molecule has 0 unspecified atom stereocenters. The zero-order valence-corrected chi connectivity index (χ0v) is 13.2. The zero-order chi connectivity index (χ0) is 15.0. The summed E-state index contributed by atoms with van der Waals surface area (Å²) in [6.07, 6.45) is 0. The molecule has 3 aromatic rings. The van der Waals surface area contributed by atoms with Crippen LogP contribution in [0.3, 0.4) is 0 Å². The van der Waals surface area contributed by atoms with Crippen molar-refractivity contribution >= 4 is 45.3 Å². The van der Waals surface area contributed by atoms with Crippen LogP contribution >= 0.6 is 22.6 Å². The number of rotatable bonds is 2. The molecule has 0 saturated carbocycles. The lowest BCUT2D eigenvalue weighted by Gasteiger charge is -2.00. The molecule has 6 heteroatoms. The maximum absolute atomic E-state index is 11.8. The van der Waals surface area contributed by atoms with E-state index in [4.69, 9.17) is 14.9 Å². The highest BCUT2D eigenvalue weighted by Gasteiger charge is 2.18. The van der Waals surface area contributed by atoms with E-state index in [1.165, 1.54) is 13.2 Å². The standard InChI is InChI=1S/C15H11IN2O3/c1-20-15(19)11-6-10(17)7-12-13(11)21-14(18-12)8-3-2-4-9(16)5-8/h2-7H,17H2,1H3. The summed E-state index contributed by atoms with van der Waals surface area (Å²) in [6, 6.07) is 10.9. The highest BCUT2D eigenvalue weighted by molar-refractivity contribution is 14.1. The summed E-state index contributed by atoms with van der Waals surface area (Å²) in [5.41, 5.74) is 8.26. The Morgan fingerprint density at radius 3 is 2.86 bits per heavy atom. The molecule has 0 aliphatic carbocycles. The normalized spacial score (nSPS) is 10.8. The van der Waals surface area contributed by atoms with Crippen LogP contribution in [0.25, 0.3) is 22.6 Å². The molecule has 0 atom stereocenters. The number of nitrogens with two attached hydrogens (primary N) is 1. The smallest absolute Gasteiger partial charge is 0.341 e. The van der Waals surface area contributed by atoms with E-state index in [0.29, 0.717) is 22.7 Å². The Morgan fingerprint density at radius 2 is 2.14 bits per heavy atom. The van der Waals surface area contributed by atoms with Crippen molar-refractivity contribution < 1.29 is 13.9 Å². The van der Waals surface area contributed by atoms with Crippen molar-refractivity contribution in [1.29, 1.82) is 0 Å². The van der Waals surface area contributed by atoms with Crippen molar-refractivity contribution in [3.8, 4) is 11.5 Å². The van der Waals surface area contributed by atoms with E-state index in [9.17, 15) is 4.79 Å². The fourth-order valence-corrected chi connectivity index (χ4v) is 2.60. The summed E-state index contributed by atoms with van der Waals surface area (Å²) < 4.78 is 11.6. The van der Waals surface area contributed by atoms with Crippen LogP contribution in [-0.4, -0.2) is 18.1 Å². The van der Waals surface area contributed by atoms with Gasteiger partial charge in [-0.2, -0.15) is 0 Å². The molecule has 21 heavy (non-hydrogen) atoms. The second-order valence-corrected chi connectivity index (χ2v) is 5.68. The molecule has 5 nitrogen and oxygen atoms in total. The van der Waals surface area contributed by atoms with Gasteiger partial charge in [-0.3, -0.25) is 0 Å². The maximum Gasteiger partial charge on any atom is 0.341 e. The summed E-state index contributed by atoms with van der Waals surface area (Å²) in [5, 5.41) is 0. The van der Waals surface area contributed by atoms with Gasteiger partial charge in [0.1, 0.15) is 11.1 Å². The molecule has 1 heterocycles. The minimum Gasteiger partial charge on any atom is -0.465 e. The summed E-state index contributed by atoms with van der Waals surface area (Å²) >= 11 is 2.22. The summed E-state index contributed by atoms with van der Waals surface area (Å²) in [4.78, 5) is 16.2. The highest BCUT2D eigenvalue weighted by Crippen LogP contribution is 2.29. The van der Waals surface area contributed by atoms with Gasteiger partial charge in [0, 0.05) is 14.8 Å². The van der Waals surface area contributed by atoms with Gasteiger partial charge in [0.15, 0.2) is 5.58 Å². The van der Waals surface area contributed by atoms with E-state index in [-0.39, 0.29) is 5.56 Å². The molecular formula is C15H11IN2O3. The number of hydrogen-bond donors (Lipinski definition) is 1. The average Bonchev–Trinajstić information content (AvgIpc) is 2.89. The molecular weight excluding hydrogens is 383 g/mol. The Hall–Kier alpha value is -2.09. The quantitative estimate of drug-likeness (QED) is 0.409. The van der Waals surface area contributed by atoms with Crippen LogP contribution in [0.2, 0.25) is 0 Å². The number of hydrogen-bond acceptors (Lipinski definition) is 5. The number of fused-ring (bicyclic) bond motifs is 1. The Morgan fingerprint density at radius 1 is 1.33 bits per heavy atom. The predicted octanol–water partition coefficient (Wildman–Crippen LogP) is 3.47. The van der Waals surface area contributed by atoms with E-state index >= 15 is 0 Å². The molecule has 0 radical (unpaired) electrons. The maximum atomic E-state index is 11.8. The molecule has 3 rings (SSSR count). The van der Waals surface area contributed by atoms with Gasteiger partial charge in [0.25, 0.3) is 0 Å². The van der Waals surface area contributed by atoms with Crippen molar-refractivity contribution in [2.45, 2.75) is 0 Å². The van der Waals surface area contributed by atoms with Crippen LogP contribution in [0, 0.1) is 3.57 Å². The van der Waals surface area contributed by atoms with E-state index in [0.717, 1.165) is 9.13 Å². The fourth-order valence-electron chi connectivity index (χ4n) is 2.06. The number of nitrogens with zero attached hydrogens (tertiary/aromatic N) is 1. The van der Waals surface area contributed by atoms with Crippen molar-refractivity contribution in [3.63, 3.8) is 0 Å². The van der Waals surface area contributed by atoms with Crippen molar-refractivity contribution in [3.05, 3.63) is 45.5 Å². The third-order valence-corrected chi connectivity index (χ3v) is 3.66. The molecule has 0 amide bonds. The van der Waals surface area contributed by atoms with Crippen LogP contribution in [0.4, 0.5) is 5.69 Å². The lowest BCUT2D eigenvalue weighted by molar-refractivity contribution is 0.0602. The second kappa shape index (κ2) is 5.36. The van der Waals surface area contributed by atoms with Crippen LogP contribution in [0.1, 0.15) is 10.4 Å². The number of benzene rings is 2. The first kappa shape index (κ1) is 13.9. The van der Waals surface area contributed by atoms with Gasteiger partial charge in [-0.15, -0.1) is 0 Å². The average molecular weight is 394 g/mol. The number of carbonyl (C=O) groups is 1. The van der Waals surface area contributed by atoms with Gasteiger partial charge in [-0.25, -0.2) is 9.78 Å². The minimum atomic E-state index is -0.502. The van der Waals surface area contributed by atoms with Gasteiger partial charge < -0.3 is 14.9 Å². The van der Waals surface area contributed by atoms with Crippen molar-refractivity contribution in [2.24, 2.45) is 0 Å². The number of methoxy groups -OCH3 is 1. The molecule has 0 aliphatic heterocycles. The largest absolute Gasteiger partial charge is 0.465 e. The molecule has 106 valence electrons. The third kappa shape index (κ3) is 2.58. The fraction of sp³-hybridized carbons (Fsp3) is 0.0667. The highest BCUT2D eigenvalue weighted by atomic mass is 127. The van der Waals surface area contributed by atoms with Gasteiger partial charge in [-0.05, 0) is 52.9 Å². The molecule has 0 bridgehead atoms. The van der Waals surface area contributed by atoms with Crippen molar-refractivity contribution in [2.75, 3.05) is 12.8 Å². The summed E-state index contributed by atoms with van der Waals surface area (Å²) in [5.74, 6) is -0.0584. The number of nitrogen functional groups attached to an aromatic ring is 1. The number of anilines is 1. The van der Waals surface area contributed by atoms with Crippen LogP contribution < -0.4 is 5.73 Å².